The minimum absolute atomic E-state index is 0.0864. The van der Waals surface area contributed by atoms with Gasteiger partial charge in [0.15, 0.2) is 0 Å². The van der Waals surface area contributed by atoms with Crippen LogP contribution in [0, 0.1) is 23.7 Å². The van der Waals surface area contributed by atoms with Crippen LogP contribution in [0.4, 0.5) is 0 Å². The molecule has 0 radical (unpaired) electrons. The number of hydrogen-bond donors (Lipinski definition) is 0. The Labute approximate surface area is 183 Å². The Kier molecular flexibility index (Phi) is 7.29. The van der Waals surface area contributed by atoms with E-state index in [4.69, 9.17) is 23.7 Å². The topological polar surface area (TPSA) is 101 Å². The zero-order valence-electron chi connectivity index (χ0n) is 19.1. The Morgan fingerprint density at radius 1 is 1.16 bits per heavy atom. The maximum absolute atomic E-state index is 12.4. The number of esters is 3. The molecule has 0 bridgehead atoms. The van der Waals surface area contributed by atoms with Crippen molar-refractivity contribution < 1.29 is 38.1 Å². The second-order valence-corrected chi connectivity index (χ2v) is 9.37. The van der Waals surface area contributed by atoms with Crippen LogP contribution in [-0.4, -0.2) is 49.1 Å². The molecule has 3 aliphatic rings. The maximum atomic E-state index is 12.4. The predicted molar refractivity (Wildman–Crippen MR) is 109 cm³/mol. The Bertz CT molecular complexity index is 723. The molecule has 8 nitrogen and oxygen atoms in total. The number of fused-ring (bicyclic) bond motifs is 2. The molecule has 1 saturated heterocycles. The Balaban J connectivity index is 1.76. The second kappa shape index (κ2) is 9.59. The summed E-state index contributed by atoms with van der Waals surface area (Å²) in [6, 6.07) is 0. The van der Waals surface area contributed by atoms with Gasteiger partial charge in [0.05, 0.1) is 18.8 Å². The molecule has 0 aromatic heterocycles. The highest BCUT2D eigenvalue weighted by Crippen LogP contribution is 2.57. The smallest absolute Gasteiger partial charge is 0.309 e. The fraction of sp³-hybridized carbons (Fsp3) is 0.783. The van der Waals surface area contributed by atoms with Crippen LogP contribution < -0.4 is 0 Å². The normalized spacial score (nSPS) is 32.0. The van der Waals surface area contributed by atoms with E-state index in [9.17, 15) is 14.4 Å². The highest BCUT2D eigenvalue weighted by atomic mass is 16.7. The van der Waals surface area contributed by atoms with E-state index in [1.54, 1.807) is 0 Å². The summed E-state index contributed by atoms with van der Waals surface area (Å²) < 4.78 is 28.3. The molecule has 8 heteroatoms. The molecule has 2 heterocycles. The first-order valence-corrected chi connectivity index (χ1v) is 11.2. The molecule has 1 saturated carbocycles. The van der Waals surface area contributed by atoms with Crippen LogP contribution in [0.1, 0.15) is 60.3 Å². The van der Waals surface area contributed by atoms with Gasteiger partial charge in [-0.2, -0.15) is 0 Å². The van der Waals surface area contributed by atoms with Gasteiger partial charge in [-0.3, -0.25) is 14.4 Å². The molecule has 2 fully saturated rings. The lowest BCUT2D eigenvalue weighted by Crippen LogP contribution is -2.45. The van der Waals surface area contributed by atoms with Crippen LogP contribution in [0.25, 0.3) is 0 Å². The molecule has 4 unspecified atom stereocenters. The summed E-state index contributed by atoms with van der Waals surface area (Å²) in [7, 11) is 0. The van der Waals surface area contributed by atoms with Crippen molar-refractivity contribution in [3.8, 4) is 0 Å². The van der Waals surface area contributed by atoms with Gasteiger partial charge in [-0.25, -0.2) is 0 Å². The van der Waals surface area contributed by atoms with Gasteiger partial charge in [0, 0.05) is 31.3 Å². The van der Waals surface area contributed by atoms with Crippen molar-refractivity contribution in [3.05, 3.63) is 11.8 Å². The lowest BCUT2D eigenvalue weighted by molar-refractivity contribution is -0.192. The molecule has 31 heavy (non-hydrogen) atoms. The maximum Gasteiger partial charge on any atom is 0.309 e. The molecule has 0 amide bonds. The van der Waals surface area contributed by atoms with Gasteiger partial charge in [0.1, 0.15) is 18.3 Å². The van der Waals surface area contributed by atoms with Gasteiger partial charge in [0.25, 0.3) is 0 Å². The van der Waals surface area contributed by atoms with E-state index in [2.05, 4.69) is 0 Å². The van der Waals surface area contributed by atoms with Gasteiger partial charge in [-0.1, -0.05) is 34.1 Å². The zero-order valence-corrected chi connectivity index (χ0v) is 19.1. The average Bonchev–Trinajstić information content (AvgIpc) is 3.40. The number of carbonyl (C=O) groups is 3. The van der Waals surface area contributed by atoms with Crippen molar-refractivity contribution in [3.63, 3.8) is 0 Å². The van der Waals surface area contributed by atoms with Gasteiger partial charge in [-0.05, 0) is 18.3 Å². The average molecular weight is 439 g/mol. The van der Waals surface area contributed by atoms with Crippen molar-refractivity contribution in [2.24, 2.45) is 23.7 Å². The molecule has 1 spiro atoms. The zero-order chi connectivity index (χ0) is 22.8. The lowest BCUT2D eigenvalue weighted by atomic mass is 9.83. The molecule has 0 aromatic carbocycles. The third kappa shape index (κ3) is 5.40. The van der Waals surface area contributed by atoms with E-state index < -0.39 is 24.0 Å². The molecule has 174 valence electrons. The van der Waals surface area contributed by atoms with Gasteiger partial charge in [0.2, 0.25) is 6.29 Å². The number of epoxide rings is 1. The van der Waals surface area contributed by atoms with Crippen LogP contribution >= 0.6 is 0 Å². The molecule has 6 atom stereocenters. The van der Waals surface area contributed by atoms with Gasteiger partial charge in [-0.15, -0.1) is 0 Å². The fourth-order valence-electron chi connectivity index (χ4n) is 4.48. The fourth-order valence-corrected chi connectivity index (χ4v) is 4.48. The third-order valence-electron chi connectivity index (χ3n) is 6.35. The van der Waals surface area contributed by atoms with E-state index in [1.807, 2.05) is 27.7 Å². The quantitative estimate of drug-likeness (QED) is 0.307. The number of ether oxygens (including phenoxy) is 5. The summed E-state index contributed by atoms with van der Waals surface area (Å²) in [5.74, 6) is -1.06. The standard InChI is InChI=1S/C23H34O8/c1-6-14(4)8-20(26)31-22-21-17(9-18(30-15(5)24)23(21)12-29-23)16(11-28-22)10-27-19(25)7-13(2)3/h11,13-14,17-18,21-22H,6-10,12H2,1-5H3/t14?,17?,18-,21?,22-,23?/m0/s1. The van der Waals surface area contributed by atoms with E-state index in [0.29, 0.717) is 25.9 Å². The van der Waals surface area contributed by atoms with Crippen molar-refractivity contribution in [1.82, 2.24) is 0 Å². The molecule has 0 N–H and O–H groups in total. The summed E-state index contributed by atoms with van der Waals surface area (Å²) in [5.41, 5.74) is 0.0416. The lowest BCUT2D eigenvalue weighted by Gasteiger charge is -2.35. The van der Waals surface area contributed by atoms with Crippen LogP contribution in [0.5, 0.6) is 0 Å². The highest BCUT2D eigenvalue weighted by molar-refractivity contribution is 5.70. The van der Waals surface area contributed by atoms with Gasteiger partial charge >= 0.3 is 17.9 Å². The van der Waals surface area contributed by atoms with E-state index in [0.717, 1.165) is 12.0 Å². The largest absolute Gasteiger partial charge is 0.462 e. The van der Waals surface area contributed by atoms with Crippen LogP contribution in [0.15, 0.2) is 11.8 Å². The molecular weight excluding hydrogens is 404 g/mol. The molecule has 1 aliphatic carbocycles. The van der Waals surface area contributed by atoms with Gasteiger partial charge < -0.3 is 23.7 Å². The first-order valence-electron chi connectivity index (χ1n) is 11.2. The van der Waals surface area contributed by atoms with Crippen molar-refractivity contribution in [1.29, 1.82) is 0 Å². The highest BCUT2D eigenvalue weighted by Gasteiger charge is 2.70. The van der Waals surface area contributed by atoms with Crippen LogP contribution in [0.2, 0.25) is 0 Å². The summed E-state index contributed by atoms with van der Waals surface area (Å²) in [6.07, 6.45) is 2.24. The summed E-state index contributed by atoms with van der Waals surface area (Å²) in [6.45, 7) is 9.77. The first-order chi connectivity index (χ1) is 14.7. The second-order valence-electron chi connectivity index (χ2n) is 9.37. The third-order valence-corrected chi connectivity index (χ3v) is 6.35. The number of carbonyl (C=O) groups excluding carboxylic acids is 3. The minimum Gasteiger partial charge on any atom is -0.462 e. The van der Waals surface area contributed by atoms with E-state index >= 15 is 0 Å². The van der Waals surface area contributed by atoms with E-state index in [-0.39, 0.29) is 42.2 Å². The monoisotopic (exact) mass is 438 g/mol. The first kappa shape index (κ1) is 23.6. The molecule has 3 rings (SSSR count). The predicted octanol–water partition coefficient (Wildman–Crippen LogP) is 3.13. The molecule has 0 aromatic rings. The number of rotatable bonds is 9. The van der Waals surface area contributed by atoms with Crippen LogP contribution in [0.3, 0.4) is 0 Å². The SMILES string of the molecule is CCC(C)CC(=O)O[C@@H]1OC=C(COC(=O)CC(C)C)C2C[C@H](OC(C)=O)C3(CO3)C21. The summed E-state index contributed by atoms with van der Waals surface area (Å²) in [4.78, 5) is 36.1. The summed E-state index contributed by atoms with van der Waals surface area (Å²) >= 11 is 0. The van der Waals surface area contributed by atoms with Crippen molar-refractivity contribution in [2.45, 2.75) is 78.3 Å². The molecular formula is C23H34O8. The summed E-state index contributed by atoms with van der Waals surface area (Å²) in [5, 5.41) is 0. The Morgan fingerprint density at radius 3 is 2.45 bits per heavy atom. The van der Waals surface area contributed by atoms with Crippen molar-refractivity contribution >= 4 is 17.9 Å². The number of hydrogen-bond acceptors (Lipinski definition) is 8. The minimum atomic E-state index is -0.834. The Hall–Kier alpha value is -2.09. The van der Waals surface area contributed by atoms with Crippen LogP contribution in [-0.2, 0) is 38.1 Å². The van der Waals surface area contributed by atoms with Crippen molar-refractivity contribution in [2.75, 3.05) is 13.2 Å². The molecule has 2 aliphatic heterocycles. The van der Waals surface area contributed by atoms with E-state index in [1.165, 1.54) is 13.2 Å². The Morgan fingerprint density at radius 2 is 1.87 bits per heavy atom.